The van der Waals surface area contributed by atoms with Crippen LogP contribution in [-0.4, -0.2) is 58.7 Å². The number of methoxy groups -OCH3 is 2. The summed E-state index contributed by atoms with van der Waals surface area (Å²) >= 11 is 0. The molecule has 0 aliphatic rings. The molecule has 0 aliphatic carbocycles. The van der Waals surface area contributed by atoms with Crippen molar-refractivity contribution >= 4 is 5.78 Å². The molecule has 8 heteroatoms. The van der Waals surface area contributed by atoms with E-state index in [1.165, 1.54) is 20.3 Å². The minimum atomic E-state index is -0.668. The maximum Gasteiger partial charge on any atom is 0.197 e. The molecule has 0 fully saturated rings. The van der Waals surface area contributed by atoms with Crippen LogP contribution in [0.1, 0.15) is 32.6 Å². The van der Waals surface area contributed by atoms with Crippen molar-refractivity contribution in [2.45, 2.75) is 19.4 Å². The molecule has 0 saturated carbocycles. The van der Waals surface area contributed by atoms with Gasteiger partial charge in [0.25, 0.3) is 0 Å². The van der Waals surface area contributed by atoms with Crippen LogP contribution in [0.15, 0.2) is 18.2 Å². The Hall–Kier alpha value is -2.81. The number of aliphatic hydroxyl groups excluding tert-OH is 3. The third kappa shape index (κ3) is 4.04. The molecule has 2 rings (SSSR count). The number of carbonyl (C=O) groups excluding carboxylic acids is 1. The lowest BCUT2D eigenvalue weighted by Crippen LogP contribution is -2.11. The standard InChI is InChI=1S/C20H24O8/c1-27-13-8-11(3-5-21)7-12(9-13)17(24)16-15(10-23)20(28-2)19(26)14(4-6-22)18(16)25/h7-9,21-23,25-26H,3-6,10H2,1-2H3. The van der Waals surface area contributed by atoms with Gasteiger partial charge in [-0.25, -0.2) is 0 Å². The smallest absolute Gasteiger partial charge is 0.197 e. The van der Waals surface area contributed by atoms with E-state index in [4.69, 9.17) is 9.47 Å². The van der Waals surface area contributed by atoms with Crippen molar-refractivity contribution < 1.29 is 39.8 Å². The van der Waals surface area contributed by atoms with E-state index >= 15 is 0 Å². The van der Waals surface area contributed by atoms with E-state index in [1.54, 1.807) is 12.1 Å². The monoisotopic (exact) mass is 392 g/mol. The molecular formula is C20H24O8. The highest BCUT2D eigenvalue weighted by molar-refractivity contribution is 6.13. The van der Waals surface area contributed by atoms with E-state index in [2.05, 4.69) is 0 Å². The summed E-state index contributed by atoms with van der Waals surface area (Å²) in [6, 6.07) is 4.69. The molecule has 8 nitrogen and oxygen atoms in total. The lowest BCUT2D eigenvalue weighted by atomic mass is 9.91. The van der Waals surface area contributed by atoms with Gasteiger partial charge in [-0.2, -0.15) is 0 Å². The number of ether oxygens (including phenoxy) is 2. The Morgan fingerprint density at radius 2 is 1.57 bits per heavy atom. The van der Waals surface area contributed by atoms with Crippen LogP contribution in [0.2, 0.25) is 0 Å². The fourth-order valence-corrected chi connectivity index (χ4v) is 3.09. The average Bonchev–Trinajstić information content (AvgIpc) is 2.70. The molecule has 0 spiro atoms. The number of benzene rings is 2. The van der Waals surface area contributed by atoms with Crippen molar-refractivity contribution in [1.82, 2.24) is 0 Å². The van der Waals surface area contributed by atoms with E-state index in [0.717, 1.165) is 0 Å². The Morgan fingerprint density at radius 1 is 0.893 bits per heavy atom. The third-order valence-corrected chi connectivity index (χ3v) is 4.42. The highest BCUT2D eigenvalue weighted by Crippen LogP contribution is 2.44. The minimum Gasteiger partial charge on any atom is -0.507 e. The molecule has 0 radical (unpaired) electrons. The van der Waals surface area contributed by atoms with Crippen LogP contribution in [0, 0.1) is 0 Å². The molecule has 0 unspecified atom stereocenters. The molecule has 0 aliphatic heterocycles. The van der Waals surface area contributed by atoms with E-state index in [0.29, 0.717) is 17.7 Å². The van der Waals surface area contributed by atoms with Gasteiger partial charge in [-0.15, -0.1) is 0 Å². The molecular weight excluding hydrogens is 368 g/mol. The highest BCUT2D eigenvalue weighted by Gasteiger charge is 2.28. The molecule has 0 amide bonds. The number of ketones is 1. The quantitative estimate of drug-likeness (QED) is 0.397. The van der Waals surface area contributed by atoms with Crippen LogP contribution >= 0.6 is 0 Å². The van der Waals surface area contributed by atoms with Crippen molar-refractivity contribution in [2.24, 2.45) is 0 Å². The van der Waals surface area contributed by atoms with E-state index < -0.39 is 23.9 Å². The summed E-state index contributed by atoms with van der Waals surface area (Å²) in [7, 11) is 2.69. The number of hydrogen-bond acceptors (Lipinski definition) is 8. The zero-order valence-electron chi connectivity index (χ0n) is 15.7. The van der Waals surface area contributed by atoms with Gasteiger partial charge in [0.1, 0.15) is 11.5 Å². The van der Waals surface area contributed by atoms with Crippen LogP contribution in [-0.2, 0) is 19.4 Å². The summed E-state index contributed by atoms with van der Waals surface area (Å²) in [5.74, 6) is -1.36. The van der Waals surface area contributed by atoms with E-state index in [9.17, 15) is 30.3 Å². The molecule has 28 heavy (non-hydrogen) atoms. The SMILES string of the molecule is COc1cc(CCO)cc(C(=O)c2c(O)c(CCO)c(O)c(OC)c2CO)c1. The predicted octanol–water partition coefficient (Wildman–Crippen LogP) is 0.908. The van der Waals surface area contributed by atoms with E-state index in [1.807, 2.05) is 0 Å². The molecule has 152 valence electrons. The third-order valence-electron chi connectivity index (χ3n) is 4.42. The lowest BCUT2D eigenvalue weighted by Gasteiger charge is -2.19. The van der Waals surface area contributed by atoms with Gasteiger partial charge in [0.05, 0.1) is 26.4 Å². The normalized spacial score (nSPS) is 10.8. The summed E-state index contributed by atoms with van der Waals surface area (Å²) in [5.41, 5.74) is 0.449. The molecule has 5 N–H and O–H groups in total. The predicted molar refractivity (Wildman–Crippen MR) is 100 cm³/mol. The molecule has 2 aromatic carbocycles. The van der Waals surface area contributed by atoms with Gasteiger partial charge in [-0.05, 0) is 30.2 Å². The number of phenolic OH excluding ortho intramolecular Hbond substituents is 2. The zero-order valence-corrected chi connectivity index (χ0v) is 15.7. The second-order valence-corrected chi connectivity index (χ2v) is 6.07. The lowest BCUT2D eigenvalue weighted by molar-refractivity contribution is 0.103. The van der Waals surface area contributed by atoms with Gasteiger partial charge in [-0.1, -0.05) is 0 Å². The molecule has 2 aromatic rings. The Labute approximate surface area is 162 Å². The van der Waals surface area contributed by atoms with Crippen LogP contribution in [0.5, 0.6) is 23.0 Å². The van der Waals surface area contributed by atoms with Gasteiger partial charge in [-0.3, -0.25) is 4.79 Å². The molecule has 0 saturated heterocycles. The van der Waals surface area contributed by atoms with Gasteiger partial charge in [0, 0.05) is 36.3 Å². The molecule has 0 heterocycles. The Kier molecular flexibility index (Phi) is 7.22. The Bertz CT molecular complexity index is 860. The summed E-state index contributed by atoms with van der Waals surface area (Å²) < 4.78 is 10.3. The van der Waals surface area contributed by atoms with Crippen LogP contribution in [0.3, 0.4) is 0 Å². The van der Waals surface area contributed by atoms with Crippen molar-refractivity contribution in [2.75, 3.05) is 27.4 Å². The second-order valence-electron chi connectivity index (χ2n) is 6.07. The number of aromatic hydroxyl groups is 2. The van der Waals surface area contributed by atoms with Gasteiger partial charge >= 0.3 is 0 Å². The molecule has 0 aromatic heterocycles. The average molecular weight is 392 g/mol. The molecule has 0 bridgehead atoms. The second kappa shape index (κ2) is 9.41. The first-order valence-corrected chi connectivity index (χ1v) is 8.62. The first-order valence-electron chi connectivity index (χ1n) is 8.62. The number of phenols is 2. The van der Waals surface area contributed by atoms with Crippen LogP contribution < -0.4 is 9.47 Å². The van der Waals surface area contributed by atoms with Crippen molar-refractivity contribution in [3.63, 3.8) is 0 Å². The number of rotatable bonds is 9. The minimum absolute atomic E-state index is 0.0571. The topological polar surface area (TPSA) is 137 Å². The zero-order chi connectivity index (χ0) is 20.8. The van der Waals surface area contributed by atoms with Crippen molar-refractivity contribution in [3.8, 4) is 23.0 Å². The highest BCUT2D eigenvalue weighted by atomic mass is 16.5. The summed E-state index contributed by atoms with van der Waals surface area (Å²) in [6.45, 7) is -1.17. The van der Waals surface area contributed by atoms with Gasteiger partial charge in [0.15, 0.2) is 17.3 Å². The Morgan fingerprint density at radius 3 is 2.11 bits per heavy atom. The van der Waals surface area contributed by atoms with Crippen molar-refractivity contribution in [3.05, 3.63) is 46.0 Å². The fourth-order valence-electron chi connectivity index (χ4n) is 3.09. The summed E-state index contributed by atoms with van der Waals surface area (Å²) in [4.78, 5) is 13.2. The number of carbonyl (C=O) groups is 1. The molecule has 0 atom stereocenters. The first kappa shape index (κ1) is 21.5. The number of hydrogen-bond donors (Lipinski definition) is 5. The fraction of sp³-hybridized carbons (Fsp3) is 0.350. The largest absolute Gasteiger partial charge is 0.507 e. The van der Waals surface area contributed by atoms with E-state index in [-0.39, 0.29) is 47.6 Å². The van der Waals surface area contributed by atoms with Crippen LogP contribution in [0.4, 0.5) is 0 Å². The van der Waals surface area contributed by atoms with Gasteiger partial charge in [0.2, 0.25) is 0 Å². The maximum atomic E-state index is 13.2. The van der Waals surface area contributed by atoms with Crippen molar-refractivity contribution in [1.29, 1.82) is 0 Å². The van der Waals surface area contributed by atoms with Gasteiger partial charge < -0.3 is 35.0 Å². The summed E-state index contributed by atoms with van der Waals surface area (Å²) in [6.07, 6.45) is 0.179. The summed E-state index contributed by atoms with van der Waals surface area (Å²) in [5, 5.41) is 49.1. The maximum absolute atomic E-state index is 13.2. The Balaban J connectivity index is 2.74. The first-order chi connectivity index (χ1) is 13.4. The van der Waals surface area contributed by atoms with Crippen LogP contribution in [0.25, 0.3) is 0 Å². The number of aliphatic hydroxyl groups is 3.